The monoisotopic (exact) mass is 765 g/mol. The number of aromatic nitrogens is 4. The van der Waals surface area contributed by atoms with Crippen molar-refractivity contribution >= 4 is 40.7 Å². The minimum Gasteiger partial charge on any atom is -0.453 e. The Labute approximate surface area is 326 Å². The maximum Gasteiger partial charge on any atom is 0.407 e. The van der Waals surface area contributed by atoms with Crippen LogP contribution >= 0.6 is 0 Å². The van der Waals surface area contributed by atoms with Crippen LogP contribution in [0.1, 0.15) is 65.2 Å². The highest BCUT2D eigenvalue weighted by atomic mass is 16.5. The fraction of sp³-hybridized carbons (Fsp3) is 0.488. The molecule has 1 saturated carbocycles. The molecule has 4 amide bonds. The second-order valence-electron chi connectivity index (χ2n) is 15.7. The number of aromatic amines is 1. The fourth-order valence-corrected chi connectivity index (χ4v) is 8.12. The number of alkyl carbamates (subject to hydrolysis) is 2. The van der Waals surface area contributed by atoms with Gasteiger partial charge in [-0.25, -0.2) is 24.5 Å². The van der Waals surface area contributed by atoms with Gasteiger partial charge >= 0.3 is 12.2 Å². The van der Waals surface area contributed by atoms with Crippen LogP contribution in [0.15, 0.2) is 55.0 Å². The van der Waals surface area contributed by atoms with Crippen LogP contribution in [-0.2, 0) is 19.1 Å². The molecule has 0 bridgehead atoms. The fourth-order valence-electron chi connectivity index (χ4n) is 8.12. The summed E-state index contributed by atoms with van der Waals surface area (Å²) in [5, 5.41) is 10.8. The van der Waals surface area contributed by atoms with E-state index in [4.69, 9.17) is 14.5 Å². The molecule has 4 N–H and O–H groups in total. The topological polar surface area (TPSA) is 184 Å². The maximum atomic E-state index is 13.8. The number of fused-ring (bicyclic) bond motifs is 2. The molecule has 2 aliphatic heterocycles. The summed E-state index contributed by atoms with van der Waals surface area (Å²) >= 11 is 0. The van der Waals surface area contributed by atoms with Gasteiger partial charge in [0.2, 0.25) is 17.8 Å². The van der Waals surface area contributed by atoms with E-state index < -0.39 is 24.3 Å². The van der Waals surface area contributed by atoms with Crippen LogP contribution in [-0.4, -0.2) is 105 Å². The van der Waals surface area contributed by atoms with E-state index in [0.717, 1.165) is 64.7 Å². The van der Waals surface area contributed by atoms with E-state index in [0.29, 0.717) is 25.0 Å². The molecule has 56 heavy (non-hydrogen) atoms. The van der Waals surface area contributed by atoms with Crippen molar-refractivity contribution in [2.24, 2.45) is 17.8 Å². The number of carbonyl (C=O) groups is 4. The predicted molar refractivity (Wildman–Crippen MR) is 210 cm³/mol. The molecule has 15 nitrogen and oxygen atoms in total. The number of imidazole rings is 1. The van der Waals surface area contributed by atoms with Crippen LogP contribution in [0.3, 0.4) is 0 Å². The highest BCUT2D eigenvalue weighted by Gasteiger charge is 2.56. The summed E-state index contributed by atoms with van der Waals surface area (Å²) in [6.07, 6.45) is 7.71. The largest absolute Gasteiger partial charge is 0.453 e. The van der Waals surface area contributed by atoms with Crippen molar-refractivity contribution in [3.63, 3.8) is 0 Å². The normalized spacial score (nSPS) is 21.1. The smallest absolute Gasteiger partial charge is 0.407 e. The van der Waals surface area contributed by atoms with Crippen LogP contribution in [0, 0.1) is 17.8 Å². The van der Waals surface area contributed by atoms with Gasteiger partial charge < -0.3 is 40.2 Å². The van der Waals surface area contributed by atoms with Crippen LogP contribution in [0.2, 0.25) is 0 Å². The van der Waals surface area contributed by atoms with Crippen molar-refractivity contribution in [3.05, 3.63) is 60.8 Å². The van der Waals surface area contributed by atoms with Crippen LogP contribution < -0.4 is 16.0 Å². The average Bonchev–Trinajstić information content (AvgIpc) is 3.54. The number of hydrogen-bond acceptors (Lipinski definition) is 10. The van der Waals surface area contributed by atoms with Gasteiger partial charge in [0, 0.05) is 48.7 Å². The van der Waals surface area contributed by atoms with E-state index in [2.05, 4.69) is 61.2 Å². The summed E-state index contributed by atoms with van der Waals surface area (Å²) in [6, 6.07) is 11.1. The number of likely N-dealkylation sites (tertiary alicyclic amines) is 2. The molecule has 1 aliphatic carbocycles. The number of nitrogens with zero attached hydrogens (tertiary/aromatic N) is 5. The third-order valence-corrected chi connectivity index (χ3v) is 11.3. The Morgan fingerprint density at radius 3 is 2.07 bits per heavy atom. The van der Waals surface area contributed by atoms with E-state index in [1.807, 2.05) is 49.8 Å². The highest BCUT2D eigenvalue weighted by Crippen LogP contribution is 2.53. The molecular formula is C41H51N9O6. The first kappa shape index (κ1) is 38.5. The first-order valence-electron chi connectivity index (χ1n) is 19.4. The van der Waals surface area contributed by atoms with Gasteiger partial charge in [0.05, 0.1) is 32.2 Å². The molecule has 4 aromatic rings. The quantitative estimate of drug-likeness (QED) is 0.143. The molecule has 0 radical (unpaired) electrons. The van der Waals surface area contributed by atoms with Gasteiger partial charge in [-0.05, 0) is 71.9 Å². The van der Waals surface area contributed by atoms with Gasteiger partial charge in [0.25, 0.3) is 0 Å². The van der Waals surface area contributed by atoms with Gasteiger partial charge in [-0.2, -0.15) is 0 Å². The first-order valence-corrected chi connectivity index (χ1v) is 19.4. The third kappa shape index (κ3) is 7.98. The zero-order valence-electron chi connectivity index (χ0n) is 32.7. The van der Waals surface area contributed by atoms with Crippen molar-refractivity contribution in [2.45, 2.75) is 83.6 Å². The minimum atomic E-state index is -0.681. The third-order valence-electron chi connectivity index (χ3n) is 11.3. The molecule has 2 saturated heterocycles. The number of piperidine rings is 1. The Morgan fingerprint density at radius 2 is 1.43 bits per heavy atom. The standard InChI is InChI=1S/C41H51N9O6/c1-22(2)34(47-40(53)55-5)37(51)49-13-7-8-30(49)20-45-39-43-18-29(19-44-39)26-10-9-25-15-27(12-11-24(25)14-26)31-21-42-36(46-31)33-17-28-16-32(28)50(33)38(52)35(23(3)4)48-41(54)56-6/h9-12,14-15,18-19,21-23,28,30,32-35H,7-8,13,16-17,20H2,1-6H3,(H,42,46)(H,47,53)(H,48,54)(H,43,44,45)/t28-,30+,32-,33+,34+,35+/m1/s1. The molecule has 7 rings (SSSR count). The Kier molecular flexibility index (Phi) is 11.1. The lowest BCUT2D eigenvalue weighted by Crippen LogP contribution is -2.53. The number of H-pyrrole nitrogens is 1. The number of nitrogens with one attached hydrogen (secondary N) is 4. The Morgan fingerprint density at radius 1 is 0.804 bits per heavy atom. The van der Waals surface area contributed by atoms with Crippen molar-refractivity contribution in [3.8, 4) is 22.4 Å². The molecule has 2 aromatic carbocycles. The maximum absolute atomic E-state index is 13.8. The second-order valence-corrected chi connectivity index (χ2v) is 15.7. The molecule has 15 heteroatoms. The Bertz CT molecular complexity index is 2080. The van der Waals surface area contributed by atoms with E-state index in [1.54, 1.807) is 12.4 Å². The summed E-state index contributed by atoms with van der Waals surface area (Å²) in [5.41, 5.74) is 3.71. The summed E-state index contributed by atoms with van der Waals surface area (Å²) in [5.74, 6) is 1.26. The molecule has 0 unspecified atom stereocenters. The van der Waals surface area contributed by atoms with Gasteiger partial charge in [0.1, 0.15) is 17.9 Å². The van der Waals surface area contributed by atoms with Crippen molar-refractivity contribution < 1.29 is 28.7 Å². The molecule has 3 fully saturated rings. The molecule has 6 atom stereocenters. The van der Waals surface area contributed by atoms with E-state index in [9.17, 15) is 19.2 Å². The van der Waals surface area contributed by atoms with E-state index in [1.165, 1.54) is 14.2 Å². The van der Waals surface area contributed by atoms with Gasteiger partial charge in [-0.1, -0.05) is 52.0 Å². The lowest BCUT2D eigenvalue weighted by atomic mass is 10.0. The summed E-state index contributed by atoms with van der Waals surface area (Å²) in [6.45, 7) is 8.76. The predicted octanol–water partition coefficient (Wildman–Crippen LogP) is 5.51. The lowest BCUT2D eigenvalue weighted by molar-refractivity contribution is -0.137. The molecule has 0 spiro atoms. The summed E-state index contributed by atoms with van der Waals surface area (Å²) in [7, 11) is 2.59. The van der Waals surface area contributed by atoms with Crippen molar-refractivity contribution in [1.29, 1.82) is 0 Å². The number of benzene rings is 2. The number of carbonyl (C=O) groups excluding carboxylic acids is 4. The van der Waals surface area contributed by atoms with Gasteiger partial charge in [-0.15, -0.1) is 0 Å². The molecule has 2 aromatic heterocycles. The zero-order chi connectivity index (χ0) is 39.7. The second kappa shape index (κ2) is 16.2. The number of methoxy groups -OCH3 is 2. The van der Waals surface area contributed by atoms with Crippen LogP contribution in [0.25, 0.3) is 33.2 Å². The lowest BCUT2D eigenvalue weighted by Gasteiger charge is -2.31. The molecule has 4 heterocycles. The number of anilines is 1. The number of ether oxygens (including phenoxy) is 2. The summed E-state index contributed by atoms with van der Waals surface area (Å²) < 4.78 is 9.53. The van der Waals surface area contributed by atoms with E-state index >= 15 is 0 Å². The Balaban J connectivity index is 0.992. The minimum absolute atomic E-state index is 0.0447. The van der Waals surface area contributed by atoms with Crippen LogP contribution in [0.4, 0.5) is 15.5 Å². The highest BCUT2D eigenvalue weighted by molar-refractivity contribution is 5.91. The van der Waals surface area contributed by atoms with Gasteiger partial charge in [-0.3, -0.25) is 9.59 Å². The first-order chi connectivity index (χ1) is 26.9. The summed E-state index contributed by atoms with van der Waals surface area (Å²) in [4.78, 5) is 72.2. The Hall–Kier alpha value is -5.73. The average molecular weight is 766 g/mol. The number of rotatable bonds is 12. The van der Waals surface area contributed by atoms with Crippen molar-refractivity contribution in [1.82, 2.24) is 40.4 Å². The SMILES string of the molecule is COC(=O)N[C@H](C(=O)N1CCC[C@H]1CNc1ncc(-c2ccc3cc(-c4cnc([C@@H]5C[C@H]6C[C@H]6N5C(=O)[C@@H](NC(=O)OC)C(C)C)[nH]4)ccc3c2)cn1)C(C)C. The molecular weight excluding hydrogens is 715 g/mol. The zero-order valence-corrected chi connectivity index (χ0v) is 32.7. The number of hydrogen-bond donors (Lipinski definition) is 4. The van der Waals surface area contributed by atoms with Crippen molar-refractivity contribution in [2.75, 3.05) is 32.6 Å². The molecule has 296 valence electrons. The number of amides is 4. The van der Waals surface area contributed by atoms with Crippen LogP contribution in [0.5, 0.6) is 0 Å². The van der Waals surface area contributed by atoms with E-state index in [-0.39, 0.29) is 41.8 Å². The van der Waals surface area contributed by atoms with Gasteiger partial charge in [0.15, 0.2) is 0 Å². The molecule has 3 aliphatic rings.